The summed E-state index contributed by atoms with van der Waals surface area (Å²) in [4.78, 5) is 38.0. The van der Waals surface area contributed by atoms with Gasteiger partial charge in [-0.2, -0.15) is 0 Å². The van der Waals surface area contributed by atoms with Crippen LogP contribution in [0.3, 0.4) is 0 Å². The van der Waals surface area contributed by atoms with Gasteiger partial charge in [0.25, 0.3) is 0 Å². The van der Waals surface area contributed by atoms with Gasteiger partial charge in [0.05, 0.1) is 13.0 Å². The van der Waals surface area contributed by atoms with Crippen LogP contribution in [0.5, 0.6) is 0 Å². The van der Waals surface area contributed by atoms with Crippen molar-refractivity contribution in [3.8, 4) is 0 Å². The lowest BCUT2D eigenvalue weighted by Gasteiger charge is -2.30. The summed E-state index contributed by atoms with van der Waals surface area (Å²) >= 11 is 1.10. The highest BCUT2D eigenvalue weighted by atomic mass is 32.2. The maximum Gasteiger partial charge on any atom is 0.416 e. The fourth-order valence-electron chi connectivity index (χ4n) is 1.94. The fraction of sp³-hybridized carbons (Fsp3) is 0.706. The Bertz CT molecular complexity index is 558. The molecule has 1 atom stereocenters. The van der Waals surface area contributed by atoms with E-state index in [1.54, 1.807) is 53.9 Å². The van der Waals surface area contributed by atoms with E-state index >= 15 is 0 Å². The average molecular weight is 373 g/mol. The molecule has 0 bridgehead atoms. The number of ether oxygens (including phenoxy) is 3. The van der Waals surface area contributed by atoms with Gasteiger partial charge in [-0.1, -0.05) is 11.8 Å². The van der Waals surface area contributed by atoms with Gasteiger partial charge in [0, 0.05) is 5.70 Å². The van der Waals surface area contributed by atoms with Crippen LogP contribution in [0.2, 0.25) is 0 Å². The van der Waals surface area contributed by atoms with Crippen LogP contribution >= 0.6 is 11.8 Å². The first-order chi connectivity index (χ1) is 11.3. The van der Waals surface area contributed by atoms with Crippen LogP contribution in [-0.2, 0) is 23.8 Å². The Morgan fingerprint density at radius 2 is 1.64 bits per heavy atom. The van der Waals surface area contributed by atoms with E-state index in [2.05, 4.69) is 0 Å². The number of esters is 2. The van der Waals surface area contributed by atoms with Gasteiger partial charge < -0.3 is 14.2 Å². The molecule has 8 heteroatoms. The molecule has 0 spiro atoms. The number of amides is 1. The maximum absolute atomic E-state index is 12.6. The Morgan fingerprint density at radius 1 is 1.08 bits per heavy atom. The molecule has 0 aromatic carbocycles. The lowest BCUT2D eigenvalue weighted by atomic mass is 10.2. The average Bonchev–Trinajstić information content (AvgIpc) is 2.78. The highest BCUT2D eigenvalue weighted by Crippen LogP contribution is 2.35. The van der Waals surface area contributed by atoms with Crippen LogP contribution < -0.4 is 0 Å². The van der Waals surface area contributed by atoms with Gasteiger partial charge in [0.15, 0.2) is 5.37 Å². The summed E-state index contributed by atoms with van der Waals surface area (Å²) in [6.07, 6.45) is -0.830. The minimum absolute atomic E-state index is 0.126. The second-order valence-electron chi connectivity index (χ2n) is 7.46. The summed E-state index contributed by atoms with van der Waals surface area (Å²) in [6.45, 7) is 12.4. The molecule has 0 N–H and O–H groups in total. The fourth-order valence-corrected chi connectivity index (χ4v) is 2.92. The van der Waals surface area contributed by atoms with Gasteiger partial charge >= 0.3 is 18.0 Å². The zero-order chi connectivity index (χ0) is 19.4. The summed E-state index contributed by atoms with van der Waals surface area (Å²) in [5.41, 5.74) is -1.08. The topological polar surface area (TPSA) is 82.1 Å². The molecule has 7 nitrogen and oxygen atoms in total. The lowest BCUT2D eigenvalue weighted by Crippen LogP contribution is -2.45. The molecule has 1 rings (SSSR count). The number of rotatable bonds is 4. The second-order valence-corrected chi connectivity index (χ2v) is 8.42. The zero-order valence-electron chi connectivity index (χ0n) is 15.9. The molecule has 0 radical (unpaired) electrons. The van der Waals surface area contributed by atoms with Crippen molar-refractivity contribution in [2.45, 2.75) is 71.5 Å². The summed E-state index contributed by atoms with van der Waals surface area (Å²) in [7, 11) is 0. The Morgan fingerprint density at radius 3 is 2.12 bits per heavy atom. The molecule has 142 valence electrons. The monoisotopic (exact) mass is 373 g/mol. The van der Waals surface area contributed by atoms with Crippen LogP contribution in [0.25, 0.3) is 0 Å². The van der Waals surface area contributed by atoms with E-state index in [9.17, 15) is 14.4 Å². The van der Waals surface area contributed by atoms with Crippen molar-refractivity contribution in [1.82, 2.24) is 4.90 Å². The van der Waals surface area contributed by atoms with E-state index in [1.165, 1.54) is 4.90 Å². The van der Waals surface area contributed by atoms with E-state index < -0.39 is 34.6 Å². The predicted molar refractivity (Wildman–Crippen MR) is 94.6 cm³/mol. The molecular weight excluding hydrogens is 346 g/mol. The SMILES string of the molecule is CCOC(=O)CC1=CSC(C(=O)OC(C)(C)C)N1C(=O)OC(C)(C)C. The first kappa shape index (κ1) is 21.3. The van der Waals surface area contributed by atoms with Crippen molar-refractivity contribution in [1.29, 1.82) is 0 Å². The molecule has 0 aromatic rings. The van der Waals surface area contributed by atoms with Crippen LogP contribution in [0.15, 0.2) is 11.1 Å². The summed E-state index contributed by atoms with van der Waals surface area (Å²) in [5, 5.41) is 0.661. The quantitative estimate of drug-likeness (QED) is 0.551. The number of hydrogen-bond acceptors (Lipinski definition) is 7. The molecule has 0 saturated heterocycles. The highest BCUT2D eigenvalue weighted by Gasteiger charge is 2.42. The van der Waals surface area contributed by atoms with Crippen LogP contribution in [0.4, 0.5) is 4.79 Å². The number of carbonyl (C=O) groups is 3. The predicted octanol–water partition coefficient (Wildman–Crippen LogP) is 3.43. The smallest absolute Gasteiger partial charge is 0.416 e. The Hall–Kier alpha value is -1.70. The maximum atomic E-state index is 12.6. The van der Waals surface area contributed by atoms with Crippen molar-refractivity contribution in [3.05, 3.63) is 11.1 Å². The van der Waals surface area contributed by atoms with Crippen molar-refractivity contribution < 1.29 is 28.6 Å². The van der Waals surface area contributed by atoms with Gasteiger partial charge in [-0.3, -0.25) is 9.69 Å². The third kappa shape index (κ3) is 6.97. The molecule has 0 saturated carbocycles. The van der Waals surface area contributed by atoms with Gasteiger partial charge in [-0.15, -0.1) is 0 Å². The minimum atomic E-state index is -0.932. The van der Waals surface area contributed by atoms with Crippen LogP contribution in [0.1, 0.15) is 54.9 Å². The summed E-state index contributed by atoms with van der Waals surface area (Å²) in [6, 6.07) is 0. The van der Waals surface area contributed by atoms with E-state index in [0.717, 1.165) is 11.8 Å². The van der Waals surface area contributed by atoms with Crippen molar-refractivity contribution >= 4 is 29.8 Å². The largest absolute Gasteiger partial charge is 0.466 e. The van der Waals surface area contributed by atoms with Crippen LogP contribution in [-0.4, -0.2) is 46.1 Å². The normalized spacial score (nSPS) is 17.8. The Labute approximate surface area is 153 Å². The summed E-state index contributed by atoms with van der Waals surface area (Å²) in [5.74, 6) is -1.05. The van der Waals surface area contributed by atoms with Crippen LogP contribution in [0, 0.1) is 0 Å². The molecule has 25 heavy (non-hydrogen) atoms. The first-order valence-electron chi connectivity index (χ1n) is 8.09. The summed E-state index contributed by atoms with van der Waals surface area (Å²) < 4.78 is 15.7. The zero-order valence-corrected chi connectivity index (χ0v) is 16.7. The highest BCUT2D eigenvalue weighted by molar-refractivity contribution is 8.03. The molecule has 1 heterocycles. The van der Waals surface area contributed by atoms with E-state index in [0.29, 0.717) is 5.70 Å². The van der Waals surface area contributed by atoms with Crippen molar-refractivity contribution in [3.63, 3.8) is 0 Å². The van der Waals surface area contributed by atoms with E-state index in [1.807, 2.05) is 0 Å². The Kier molecular flexibility index (Phi) is 6.93. The number of carbonyl (C=O) groups excluding carboxylic acids is 3. The molecule has 0 aliphatic carbocycles. The van der Waals surface area contributed by atoms with Crippen molar-refractivity contribution in [2.24, 2.45) is 0 Å². The molecule has 0 fully saturated rings. The molecule has 1 aliphatic rings. The molecule has 0 aromatic heterocycles. The lowest BCUT2D eigenvalue weighted by molar-refractivity contribution is -0.157. The number of thioether (sulfide) groups is 1. The minimum Gasteiger partial charge on any atom is -0.466 e. The first-order valence-corrected chi connectivity index (χ1v) is 9.03. The Balaban J connectivity index is 3.00. The standard InChI is InChI=1S/C17H27NO6S/c1-8-22-12(19)9-11-10-25-13(14(20)23-16(2,3)4)18(11)15(21)24-17(5,6)7/h10,13H,8-9H2,1-7H3. The van der Waals surface area contributed by atoms with E-state index in [-0.39, 0.29) is 13.0 Å². The van der Waals surface area contributed by atoms with Gasteiger partial charge in [0.1, 0.15) is 11.2 Å². The van der Waals surface area contributed by atoms with Gasteiger partial charge in [-0.05, 0) is 53.9 Å². The molecule has 1 amide bonds. The van der Waals surface area contributed by atoms with Crippen molar-refractivity contribution in [2.75, 3.05) is 6.61 Å². The van der Waals surface area contributed by atoms with E-state index in [4.69, 9.17) is 14.2 Å². The molecule has 1 unspecified atom stereocenters. The molecular formula is C17H27NO6S. The third-order valence-corrected chi connectivity index (χ3v) is 3.78. The van der Waals surface area contributed by atoms with Gasteiger partial charge in [0.2, 0.25) is 0 Å². The second kappa shape index (κ2) is 8.12. The van der Waals surface area contributed by atoms with Gasteiger partial charge in [-0.25, -0.2) is 9.59 Å². The number of hydrogen-bond donors (Lipinski definition) is 0. The molecule has 1 aliphatic heterocycles. The number of nitrogens with zero attached hydrogens (tertiary/aromatic N) is 1. The third-order valence-electron chi connectivity index (χ3n) is 2.71.